The number of hydrogen-bond donors (Lipinski definition) is 3. The molecule has 1 aliphatic heterocycles. The average Bonchev–Trinajstić information content (AvgIpc) is 2.45. The lowest BCUT2D eigenvalue weighted by molar-refractivity contribution is -0.120. The maximum atomic E-state index is 12.2. The molecule has 2 atom stereocenters. The van der Waals surface area contributed by atoms with E-state index in [2.05, 4.69) is 17.6 Å². The van der Waals surface area contributed by atoms with Gasteiger partial charge in [0.25, 0.3) is 0 Å². The molecule has 1 heterocycles. The lowest BCUT2D eigenvalue weighted by atomic mass is 9.91. The van der Waals surface area contributed by atoms with Crippen LogP contribution in [0.2, 0.25) is 0 Å². The fourth-order valence-corrected chi connectivity index (χ4v) is 2.69. The van der Waals surface area contributed by atoms with Crippen molar-refractivity contribution in [3.05, 3.63) is 29.8 Å². The second kappa shape index (κ2) is 7.41. The second-order valence-electron chi connectivity index (χ2n) is 5.71. The van der Waals surface area contributed by atoms with Crippen molar-refractivity contribution in [2.24, 2.45) is 11.8 Å². The lowest BCUT2D eigenvalue weighted by Gasteiger charge is -2.26. The van der Waals surface area contributed by atoms with E-state index in [9.17, 15) is 4.79 Å². The minimum Gasteiger partial charge on any atom is -0.396 e. The van der Waals surface area contributed by atoms with Crippen LogP contribution in [0.5, 0.6) is 0 Å². The fraction of sp³-hybridized carbons (Fsp3) is 0.562. The summed E-state index contributed by atoms with van der Waals surface area (Å²) in [4.78, 5) is 12.2. The molecule has 4 nitrogen and oxygen atoms in total. The molecule has 0 radical (unpaired) electrons. The van der Waals surface area contributed by atoms with Gasteiger partial charge in [-0.3, -0.25) is 4.79 Å². The Kier molecular flexibility index (Phi) is 5.56. The maximum absolute atomic E-state index is 12.2. The number of rotatable bonds is 5. The molecule has 2 rings (SSSR count). The molecule has 3 N–H and O–H groups in total. The number of carbonyl (C=O) groups is 1. The van der Waals surface area contributed by atoms with Crippen molar-refractivity contribution in [1.29, 1.82) is 0 Å². The average molecular weight is 276 g/mol. The first kappa shape index (κ1) is 15.0. The molecule has 0 aliphatic carbocycles. The van der Waals surface area contributed by atoms with Crippen LogP contribution in [0.3, 0.4) is 0 Å². The molecule has 1 aromatic carbocycles. The number of benzene rings is 1. The zero-order valence-corrected chi connectivity index (χ0v) is 12.1. The number of carbonyl (C=O) groups excluding carboxylic acids is 1. The normalized spacial score (nSPS) is 22.5. The minimum absolute atomic E-state index is 0.0554. The van der Waals surface area contributed by atoms with Crippen LogP contribution in [-0.2, 0) is 11.2 Å². The molecule has 4 heteroatoms. The molecule has 1 saturated heterocycles. The van der Waals surface area contributed by atoms with E-state index in [0.29, 0.717) is 5.92 Å². The van der Waals surface area contributed by atoms with Crippen molar-refractivity contribution in [3.8, 4) is 0 Å². The van der Waals surface area contributed by atoms with Crippen LogP contribution >= 0.6 is 0 Å². The molecule has 1 amide bonds. The van der Waals surface area contributed by atoms with Gasteiger partial charge in [0.1, 0.15) is 0 Å². The molecule has 1 aliphatic rings. The molecule has 20 heavy (non-hydrogen) atoms. The number of aliphatic hydroxyl groups is 1. The molecular weight excluding hydrogens is 252 g/mol. The summed E-state index contributed by atoms with van der Waals surface area (Å²) in [5, 5.41) is 15.2. The smallest absolute Gasteiger partial charge is 0.228 e. The molecule has 2 unspecified atom stereocenters. The van der Waals surface area contributed by atoms with Crippen molar-refractivity contribution in [2.45, 2.75) is 26.2 Å². The van der Waals surface area contributed by atoms with Gasteiger partial charge in [-0.15, -0.1) is 0 Å². The highest BCUT2D eigenvalue weighted by Crippen LogP contribution is 2.19. The molecule has 0 aromatic heterocycles. The van der Waals surface area contributed by atoms with Crippen LogP contribution in [-0.4, -0.2) is 30.7 Å². The molecule has 0 spiro atoms. The Bertz CT molecular complexity index is 448. The van der Waals surface area contributed by atoms with Crippen molar-refractivity contribution in [3.63, 3.8) is 0 Å². The standard InChI is InChI=1S/C16H24N2O2/c1-12-8-14(11-17-10-12)16(20)18-15-6-2-4-13(9-15)5-3-7-19/h2,4,6,9,12,14,17,19H,3,5,7-8,10-11H2,1H3,(H,18,20). The maximum Gasteiger partial charge on any atom is 0.228 e. The van der Waals surface area contributed by atoms with Gasteiger partial charge in [0.15, 0.2) is 0 Å². The predicted octanol–water partition coefficient (Wildman–Crippen LogP) is 1.80. The molecule has 1 aromatic rings. The highest BCUT2D eigenvalue weighted by atomic mass is 16.2. The van der Waals surface area contributed by atoms with Gasteiger partial charge in [0.05, 0.1) is 5.92 Å². The summed E-state index contributed by atoms with van der Waals surface area (Å²) in [5.74, 6) is 0.707. The highest BCUT2D eigenvalue weighted by Gasteiger charge is 2.24. The van der Waals surface area contributed by atoms with Gasteiger partial charge in [0, 0.05) is 18.8 Å². The summed E-state index contributed by atoms with van der Waals surface area (Å²) < 4.78 is 0. The summed E-state index contributed by atoms with van der Waals surface area (Å²) in [6, 6.07) is 7.88. The third kappa shape index (κ3) is 4.32. The van der Waals surface area contributed by atoms with Gasteiger partial charge in [-0.25, -0.2) is 0 Å². The molecule has 1 fully saturated rings. The first-order valence-corrected chi connectivity index (χ1v) is 7.40. The zero-order chi connectivity index (χ0) is 14.4. The second-order valence-corrected chi connectivity index (χ2v) is 5.71. The van der Waals surface area contributed by atoms with E-state index >= 15 is 0 Å². The van der Waals surface area contributed by atoms with Gasteiger partial charge in [-0.1, -0.05) is 19.1 Å². The predicted molar refractivity (Wildman–Crippen MR) is 80.6 cm³/mol. The van der Waals surface area contributed by atoms with E-state index < -0.39 is 0 Å². The van der Waals surface area contributed by atoms with E-state index in [1.165, 1.54) is 0 Å². The fourth-order valence-electron chi connectivity index (χ4n) is 2.69. The Morgan fingerprint density at radius 2 is 2.30 bits per heavy atom. The number of amides is 1. The summed E-state index contributed by atoms with van der Waals surface area (Å²) in [7, 11) is 0. The summed E-state index contributed by atoms with van der Waals surface area (Å²) >= 11 is 0. The van der Waals surface area contributed by atoms with E-state index in [-0.39, 0.29) is 18.4 Å². The molecule has 110 valence electrons. The molecule has 0 saturated carbocycles. The number of aliphatic hydroxyl groups excluding tert-OH is 1. The Balaban J connectivity index is 1.93. The number of anilines is 1. The van der Waals surface area contributed by atoms with E-state index in [1.54, 1.807) is 0 Å². The number of aryl methyl sites for hydroxylation is 1. The monoisotopic (exact) mass is 276 g/mol. The SMILES string of the molecule is CC1CNCC(C(=O)Nc2cccc(CCCO)c2)C1. The third-order valence-electron chi connectivity index (χ3n) is 3.76. The van der Waals surface area contributed by atoms with Crippen LogP contribution in [0.25, 0.3) is 0 Å². The van der Waals surface area contributed by atoms with Crippen LogP contribution in [0.15, 0.2) is 24.3 Å². The Labute approximate surface area is 120 Å². The van der Waals surface area contributed by atoms with Crippen LogP contribution in [0.1, 0.15) is 25.3 Å². The van der Waals surface area contributed by atoms with E-state index in [1.807, 2.05) is 24.3 Å². The third-order valence-corrected chi connectivity index (χ3v) is 3.76. The Morgan fingerprint density at radius 1 is 1.45 bits per heavy atom. The highest BCUT2D eigenvalue weighted by molar-refractivity contribution is 5.92. The first-order valence-electron chi connectivity index (χ1n) is 7.40. The van der Waals surface area contributed by atoms with Gasteiger partial charge >= 0.3 is 0 Å². The van der Waals surface area contributed by atoms with Gasteiger partial charge < -0.3 is 15.7 Å². The van der Waals surface area contributed by atoms with Gasteiger partial charge in [-0.2, -0.15) is 0 Å². The quantitative estimate of drug-likeness (QED) is 0.768. The van der Waals surface area contributed by atoms with E-state index in [0.717, 1.165) is 43.6 Å². The van der Waals surface area contributed by atoms with Crippen LogP contribution in [0.4, 0.5) is 5.69 Å². The number of piperidine rings is 1. The van der Waals surface area contributed by atoms with Gasteiger partial charge in [-0.05, 0) is 49.4 Å². The summed E-state index contributed by atoms with van der Waals surface area (Å²) in [5.41, 5.74) is 2.00. The minimum atomic E-state index is 0.0554. The molecule has 0 bridgehead atoms. The first-order chi connectivity index (χ1) is 9.69. The van der Waals surface area contributed by atoms with Crippen LogP contribution in [0, 0.1) is 11.8 Å². The topological polar surface area (TPSA) is 61.4 Å². The van der Waals surface area contributed by atoms with E-state index in [4.69, 9.17) is 5.11 Å². The molecular formula is C16H24N2O2. The van der Waals surface area contributed by atoms with Crippen LogP contribution < -0.4 is 10.6 Å². The largest absolute Gasteiger partial charge is 0.396 e. The summed E-state index contributed by atoms with van der Waals surface area (Å²) in [6.07, 6.45) is 2.53. The van der Waals surface area contributed by atoms with Gasteiger partial charge in [0.2, 0.25) is 5.91 Å². The van der Waals surface area contributed by atoms with Crippen molar-refractivity contribution in [1.82, 2.24) is 5.32 Å². The summed E-state index contributed by atoms with van der Waals surface area (Å²) in [6.45, 7) is 4.13. The van der Waals surface area contributed by atoms with Crippen molar-refractivity contribution < 1.29 is 9.90 Å². The lowest BCUT2D eigenvalue weighted by Crippen LogP contribution is -2.40. The Hall–Kier alpha value is -1.39. The number of hydrogen-bond acceptors (Lipinski definition) is 3. The van der Waals surface area contributed by atoms with Crippen molar-refractivity contribution >= 4 is 11.6 Å². The van der Waals surface area contributed by atoms with Crippen molar-refractivity contribution in [2.75, 3.05) is 25.0 Å². The Morgan fingerprint density at radius 3 is 3.05 bits per heavy atom. The number of nitrogens with one attached hydrogen (secondary N) is 2. The zero-order valence-electron chi connectivity index (χ0n) is 12.1.